The predicted molar refractivity (Wildman–Crippen MR) is 109 cm³/mol. The summed E-state index contributed by atoms with van der Waals surface area (Å²) < 4.78 is 11.0. The van der Waals surface area contributed by atoms with Gasteiger partial charge in [0.05, 0.1) is 34.9 Å². The van der Waals surface area contributed by atoms with E-state index >= 15 is 0 Å². The van der Waals surface area contributed by atoms with Crippen LogP contribution >= 0.6 is 11.3 Å². The summed E-state index contributed by atoms with van der Waals surface area (Å²) in [5.41, 5.74) is 3.38. The van der Waals surface area contributed by atoms with Crippen molar-refractivity contribution in [3.63, 3.8) is 0 Å². The lowest BCUT2D eigenvalue weighted by Crippen LogP contribution is -2.37. The Balaban J connectivity index is 1.49. The van der Waals surface area contributed by atoms with E-state index in [0.717, 1.165) is 10.2 Å². The van der Waals surface area contributed by atoms with Crippen LogP contribution in [0.15, 0.2) is 48.0 Å². The third kappa shape index (κ3) is 5.29. The number of thiazole rings is 1. The van der Waals surface area contributed by atoms with Gasteiger partial charge in [-0.2, -0.15) is 0 Å². The molecule has 0 unspecified atom stereocenters. The van der Waals surface area contributed by atoms with Crippen LogP contribution in [-0.4, -0.2) is 55.0 Å². The highest BCUT2D eigenvalue weighted by atomic mass is 32.1. The monoisotopic (exact) mass is 413 g/mol. The zero-order valence-electron chi connectivity index (χ0n) is 15.9. The van der Waals surface area contributed by atoms with Gasteiger partial charge in [0.25, 0.3) is 5.91 Å². The minimum Gasteiger partial charge on any atom is -0.497 e. The molecule has 0 aliphatic carbocycles. The maximum Gasteiger partial charge on any atom is 0.338 e. The molecule has 0 radical (unpaired) electrons. The van der Waals surface area contributed by atoms with Gasteiger partial charge in [0, 0.05) is 18.8 Å². The number of rotatable bonds is 7. The van der Waals surface area contributed by atoms with Crippen LogP contribution in [0, 0.1) is 0 Å². The van der Waals surface area contributed by atoms with E-state index in [1.54, 1.807) is 48.0 Å². The number of hydrogen-bond donors (Lipinski definition) is 1. The second-order valence-corrected chi connectivity index (χ2v) is 7.03. The number of methoxy groups -OCH3 is 1. The molecule has 0 saturated heterocycles. The molecule has 0 aliphatic rings. The van der Waals surface area contributed by atoms with Crippen molar-refractivity contribution < 1.29 is 23.9 Å². The molecule has 0 saturated carbocycles. The molecule has 150 valence electrons. The van der Waals surface area contributed by atoms with E-state index < -0.39 is 18.5 Å². The van der Waals surface area contributed by atoms with Gasteiger partial charge in [-0.05, 0) is 30.3 Å². The molecule has 0 spiro atoms. The summed E-state index contributed by atoms with van der Waals surface area (Å²) in [5.74, 6) is -0.868. The summed E-state index contributed by atoms with van der Waals surface area (Å²) in [7, 11) is 2.99. The molecule has 0 aliphatic heterocycles. The molecule has 9 heteroatoms. The molecule has 1 heterocycles. The maximum absolute atomic E-state index is 12.2. The summed E-state index contributed by atoms with van der Waals surface area (Å²) in [6, 6.07) is 11.9. The minimum atomic E-state index is -0.608. The van der Waals surface area contributed by atoms with Crippen molar-refractivity contribution in [1.29, 1.82) is 0 Å². The van der Waals surface area contributed by atoms with Gasteiger partial charge in [0.1, 0.15) is 5.75 Å². The lowest BCUT2D eigenvalue weighted by Gasteiger charge is -2.17. The number of benzene rings is 2. The molecular formula is C20H19N3O5S. The summed E-state index contributed by atoms with van der Waals surface area (Å²) in [6.07, 6.45) is 0. The second-order valence-electron chi connectivity index (χ2n) is 6.14. The standard InChI is InChI=1S/C20H19N3O5S/c1-23(10-18(24)22-14-4-3-5-15(9-14)27-2)19(25)11-28-20(26)13-6-7-16-17(8-13)29-12-21-16/h3-9,12H,10-11H2,1-2H3,(H,22,24). The Hall–Kier alpha value is -3.46. The second kappa shape index (κ2) is 9.16. The van der Waals surface area contributed by atoms with E-state index in [1.165, 1.54) is 30.4 Å². The van der Waals surface area contributed by atoms with Crippen LogP contribution in [0.5, 0.6) is 5.75 Å². The SMILES string of the molecule is COc1cccc(NC(=O)CN(C)C(=O)COC(=O)c2ccc3ncsc3c2)c1. The Kier molecular flexibility index (Phi) is 6.40. The summed E-state index contributed by atoms with van der Waals surface area (Å²) in [6.45, 7) is -0.636. The van der Waals surface area contributed by atoms with E-state index in [0.29, 0.717) is 17.0 Å². The minimum absolute atomic E-state index is 0.180. The van der Waals surface area contributed by atoms with Crippen LogP contribution in [0.25, 0.3) is 10.2 Å². The van der Waals surface area contributed by atoms with Gasteiger partial charge >= 0.3 is 5.97 Å². The molecule has 0 fully saturated rings. The number of likely N-dealkylation sites (N-methyl/N-ethyl adjacent to an activating group) is 1. The lowest BCUT2D eigenvalue weighted by molar-refractivity contribution is -0.136. The first-order valence-corrected chi connectivity index (χ1v) is 9.52. The quantitative estimate of drug-likeness (QED) is 0.598. The summed E-state index contributed by atoms with van der Waals surface area (Å²) in [5, 5.41) is 2.68. The van der Waals surface area contributed by atoms with Crippen LogP contribution in [0.1, 0.15) is 10.4 Å². The fraction of sp³-hybridized carbons (Fsp3) is 0.200. The first-order valence-electron chi connectivity index (χ1n) is 8.64. The number of esters is 1. The number of amides is 2. The number of nitrogens with zero attached hydrogens (tertiary/aromatic N) is 2. The lowest BCUT2D eigenvalue weighted by atomic mass is 10.2. The third-order valence-corrected chi connectivity index (χ3v) is 4.85. The first-order chi connectivity index (χ1) is 14.0. The maximum atomic E-state index is 12.2. The topological polar surface area (TPSA) is 97.8 Å². The molecule has 3 rings (SSSR count). The van der Waals surface area contributed by atoms with Gasteiger partial charge in [-0.15, -0.1) is 11.3 Å². The normalized spacial score (nSPS) is 10.4. The van der Waals surface area contributed by atoms with E-state index in [1.807, 2.05) is 0 Å². The number of ether oxygens (including phenoxy) is 2. The fourth-order valence-electron chi connectivity index (χ4n) is 2.51. The number of hydrogen-bond acceptors (Lipinski definition) is 7. The van der Waals surface area contributed by atoms with Gasteiger partial charge in [0.15, 0.2) is 6.61 Å². The number of nitrogens with one attached hydrogen (secondary N) is 1. The smallest absolute Gasteiger partial charge is 0.338 e. The average Bonchev–Trinajstić information content (AvgIpc) is 3.19. The molecule has 2 aromatic carbocycles. The Labute approximate surface area is 171 Å². The van der Waals surface area contributed by atoms with Gasteiger partial charge in [-0.25, -0.2) is 9.78 Å². The Morgan fingerprint density at radius 3 is 2.79 bits per heavy atom. The van der Waals surface area contributed by atoms with Crippen molar-refractivity contribution in [2.75, 3.05) is 32.6 Å². The van der Waals surface area contributed by atoms with Gasteiger partial charge in [0.2, 0.25) is 5.91 Å². The van der Waals surface area contributed by atoms with E-state index in [9.17, 15) is 14.4 Å². The molecule has 1 N–H and O–H groups in total. The van der Waals surface area contributed by atoms with E-state index in [2.05, 4.69) is 10.3 Å². The zero-order chi connectivity index (χ0) is 20.8. The third-order valence-electron chi connectivity index (χ3n) is 4.05. The highest BCUT2D eigenvalue weighted by Crippen LogP contribution is 2.19. The Morgan fingerprint density at radius 2 is 2.00 bits per heavy atom. The van der Waals surface area contributed by atoms with Gasteiger partial charge in [-0.1, -0.05) is 6.07 Å². The largest absolute Gasteiger partial charge is 0.497 e. The Bertz CT molecular complexity index is 1050. The van der Waals surface area contributed by atoms with Crippen molar-refractivity contribution in [3.8, 4) is 5.75 Å². The van der Waals surface area contributed by atoms with E-state index in [4.69, 9.17) is 9.47 Å². The molecule has 0 atom stereocenters. The average molecular weight is 413 g/mol. The molecule has 3 aromatic rings. The van der Waals surface area contributed by atoms with Crippen LogP contribution in [0.4, 0.5) is 5.69 Å². The highest BCUT2D eigenvalue weighted by molar-refractivity contribution is 7.16. The molecule has 2 amide bonds. The fourth-order valence-corrected chi connectivity index (χ4v) is 3.22. The predicted octanol–water partition coefficient (Wildman–Crippen LogP) is 2.56. The van der Waals surface area contributed by atoms with Gasteiger partial charge in [-0.3, -0.25) is 9.59 Å². The van der Waals surface area contributed by atoms with Crippen molar-refractivity contribution in [1.82, 2.24) is 9.88 Å². The first kappa shape index (κ1) is 20.3. The molecule has 29 heavy (non-hydrogen) atoms. The molecule has 0 bridgehead atoms. The van der Waals surface area contributed by atoms with Gasteiger partial charge < -0.3 is 19.7 Å². The molecular weight excluding hydrogens is 394 g/mol. The highest BCUT2D eigenvalue weighted by Gasteiger charge is 2.16. The van der Waals surface area contributed by atoms with E-state index in [-0.39, 0.29) is 12.5 Å². The van der Waals surface area contributed by atoms with Crippen LogP contribution < -0.4 is 10.1 Å². The molecule has 1 aromatic heterocycles. The number of carbonyl (C=O) groups is 3. The Morgan fingerprint density at radius 1 is 1.17 bits per heavy atom. The van der Waals surface area contributed by atoms with Crippen LogP contribution in [0.2, 0.25) is 0 Å². The molecule has 8 nitrogen and oxygen atoms in total. The van der Waals surface area contributed by atoms with Crippen molar-refractivity contribution in [2.24, 2.45) is 0 Å². The number of carbonyl (C=O) groups excluding carboxylic acids is 3. The summed E-state index contributed by atoms with van der Waals surface area (Å²) in [4.78, 5) is 41.8. The van der Waals surface area contributed by atoms with Crippen molar-refractivity contribution in [2.45, 2.75) is 0 Å². The van der Waals surface area contributed by atoms with Crippen molar-refractivity contribution >= 4 is 45.0 Å². The number of aromatic nitrogens is 1. The summed E-state index contributed by atoms with van der Waals surface area (Å²) >= 11 is 1.41. The number of fused-ring (bicyclic) bond motifs is 1. The zero-order valence-corrected chi connectivity index (χ0v) is 16.7. The van der Waals surface area contributed by atoms with Crippen LogP contribution in [-0.2, 0) is 14.3 Å². The van der Waals surface area contributed by atoms with Crippen LogP contribution in [0.3, 0.4) is 0 Å². The van der Waals surface area contributed by atoms with Crippen molar-refractivity contribution in [3.05, 3.63) is 53.5 Å². The number of anilines is 1.